The van der Waals surface area contributed by atoms with Crippen molar-refractivity contribution >= 4 is 11.9 Å². The molecule has 0 spiro atoms. The van der Waals surface area contributed by atoms with Crippen molar-refractivity contribution in [3.05, 3.63) is 11.6 Å². The number of fused-ring (bicyclic) bond motifs is 6. The highest BCUT2D eigenvalue weighted by atomic mass is 16.7. The zero-order valence-corrected chi connectivity index (χ0v) is 27.6. The number of aliphatic hydroxyl groups is 2. The quantitative estimate of drug-likeness (QED) is 0.272. The van der Waals surface area contributed by atoms with Crippen LogP contribution in [-0.2, 0) is 28.5 Å². The van der Waals surface area contributed by atoms with E-state index in [-0.39, 0.29) is 37.4 Å². The largest absolute Gasteiger partial charge is 0.465 e. The van der Waals surface area contributed by atoms with Gasteiger partial charge in [0, 0.05) is 5.92 Å². The van der Waals surface area contributed by atoms with Crippen molar-refractivity contribution < 1.29 is 38.7 Å². The number of esters is 2. The van der Waals surface area contributed by atoms with Crippen LogP contribution in [-0.4, -0.2) is 66.6 Å². The monoisotopic (exact) mass is 628 g/mol. The maximum Gasteiger partial charge on any atom is 0.312 e. The summed E-state index contributed by atoms with van der Waals surface area (Å²) in [5.74, 6) is 2.04. The molecule has 0 aromatic carbocycles. The SMILES string of the molecule is CC1C=C2CC(C(=O)OCC3(COC(=O)C45CC(C)CC(CC(O)C4)C5)COC(C4CC5CCCC(C5)C4)OC3)CC(O)(C2)C1. The zero-order valence-electron chi connectivity index (χ0n) is 27.6. The van der Waals surface area contributed by atoms with Crippen molar-refractivity contribution in [2.45, 2.75) is 128 Å². The number of carbonyl (C=O) groups excluding carboxylic acids is 2. The molecule has 0 aromatic rings. The van der Waals surface area contributed by atoms with E-state index in [1.54, 1.807) is 0 Å². The van der Waals surface area contributed by atoms with Crippen molar-refractivity contribution in [1.82, 2.24) is 0 Å². The van der Waals surface area contributed by atoms with Crippen LogP contribution in [0.1, 0.15) is 110 Å². The Labute approximate surface area is 269 Å². The molecule has 2 N–H and O–H groups in total. The molecule has 1 heterocycles. The number of hydrogen-bond acceptors (Lipinski definition) is 8. The molecule has 0 aromatic heterocycles. The van der Waals surface area contributed by atoms with Crippen LogP contribution in [0, 0.1) is 52.3 Å². The van der Waals surface area contributed by atoms with Gasteiger partial charge in [-0.05, 0) is 107 Å². The van der Waals surface area contributed by atoms with E-state index in [1.807, 2.05) is 0 Å². The minimum atomic E-state index is -0.847. The van der Waals surface area contributed by atoms with E-state index in [1.165, 1.54) is 25.7 Å². The third-order valence-electron chi connectivity index (χ3n) is 12.8. The van der Waals surface area contributed by atoms with Crippen molar-refractivity contribution in [2.75, 3.05) is 26.4 Å². The number of allylic oxidation sites excluding steroid dienone is 1. The number of hydrogen-bond donors (Lipinski definition) is 2. The Bertz CT molecular complexity index is 1110. The van der Waals surface area contributed by atoms with Gasteiger partial charge in [-0.25, -0.2) is 0 Å². The maximum absolute atomic E-state index is 13.8. The third-order valence-corrected chi connectivity index (χ3v) is 12.8. The van der Waals surface area contributed by atoms with Crippen LogP contribution in [0.3, 0.4) is 0 Å². The Balaban J connectivity index is 1.03. The molecule has 0 amide bonds. The zero-order chi connectivity index (χ0) is 31.4. The Hall–Kier alpha value is -1.48. The fourth-order valence-electron chi connectivity index (χ4n) is 11.3. The summed E-state index contributed by atoms with van der Waals surface area (Å²) < 4.78 is 25.1. The third kappa shape index (κ3) is 6.91. The summed E-state index contributed by atoms with van der Waals surface area (Å²) in [6.45, 7) is 5.01. The highest BCUT2D eigenvalue weighted by Crippen LogP contribution is 2.52. The summed E-state index contributed by atoms with van der Waals surface area (Å²) in [5, 5.41) is 21.8. The minimum Gasteiger partial charge on any atom is -0.465 e. The number of aliphatic hydroxyl groups excluding tert-OH is 1. The van der Waals surface area contributed by atoms with Crippen molar-refractivity contribution in [3.63, 3.8) is 0 Å². The van der Waals surface area contributed by atoms with Crippen LogP contribution in [0.4, 0.5) is 0 Å². The first kappa shape index (κ1) is 32.1. The van der Waals surface area contributed by atoms with E-state index in [0.29, 0.717) is 69.0 Å². The van der Waals surface area contributed by atoms with E-state index < -0.39 is 22.5 Å². The van der Waals surface area contributed by atoms with Gasteiger partial charge in [0.1, 0.15) is 13.2 Å². The van der Waals surface area contributed by atoms with E-state index >= 15 is 0 Å². The second-order valence-corrected chi connectivity index (χ2v) is 17.3. The van der Waals surface area contributed by atoms with Crippen LogP contribution in [0.2, 0.25) is 0 Å². The predicted molar refractivity (Wildman–Crippen MR) is 167 cm³/mol. The first-order chi connectivity index (χ1) is 21.5. The molecule has 1 saturated heterocycles. The van der Waals surface area contributed by atoms with E-state index in [2.05, 4.69) is 19.9 Å². The van der Waals surface area contributed by atoms with Crippen LogP contribution < -0.4 is 0 Å². The standard InChI is InChI=1S/C37H56O8/c1-23-6-28-12-31(38)18-36(13-23,15-28)34(40)45-22-35(19-42-32(39)30-11-27-7-24(2)14-37(41,16-27)17-30)20-43-33(44-21-35)29-9-25-4-3-5-26(8-25)10-29/h7,23-26,28-31,33,38,41H,3-6,8-22H2,1-2H3. The van der Waals surface area contributed by atoms with Crippen molar-refractivity contribution in [1.29, 1.82) is 0 Å². The number of rotatable bonds is 7. The lowest BCUT2D eigenvalue weighted by Crippen LogP contribution is -2.53. The lowest BCUT2D eigenvalue weighted by molar-refractivity contribution is -0.272. The van der Waals surface area contributed by atoms with Gasteiger partial charge in [-0.15, -0.1) is 0 Å². The Kier molecular flexibility index (Phi) is 8.93. The average Bonchev–Trinajstić information content (AvgIpc) is 2.97. The molecule has 6 aliphatic carbocycles. The summed E-state index contributed by atoms with van der Waals surface area (Å²) >= 11 is 0. The van der Waals surface area contributed by atoms with Crippen LogP contribution in [0.5, 0.6) is 0 Å². The normalized spacial score (nSPS) is 47.7. The van der Waals surface area contributed by atoms with Crippen LogP contribution in [0.15, 0.2) is 11.6 Å². The summed E-state index contributed by atoms with van der Waals surface area (Å²) in [6.07, 6.45) is 15.1. The Morgan fingerprint density at radius 2 is 1.62 bits per heavy atom. The first-order valence-corrected chi connectivity index (χ1v) is 18.2. The second-order valence-electron chi connectivity index (χ2n) is 17.3. The van der Waals surface area contributed by atoms with Crippen molar-refractivity contribution in [3.8, 4) is 0 Å². The molecule has 45 heavy (non-hydrogen) atoms. The summed E-state index contributed by atoms with van der Waals surface area (Å²) in [6, 6.07) is 0. The molecule has 252 valence electrons. The molecule has 6 fully saturated rings. The van der Waals surface area contributed by atoms with E-state index in [0.717, 1.165) is 55.9 Å². The molecule has 1 aliphatic heterocycles. The van der Waals surface area contributed by atoms with Crippen LogP contribution in [0.25, 0.3) is 0 Å². The fraction of sp³-hybridized carbons (Fsp3) is 0.892. The molecule has 5 saturated carbocycles. The first-order valence-electron chi connectivity index (χ1n) is 18.2. The van der Waals surface area contributed by atoms with Gasteiger partial charge < -0.3 is 29.2 Å². The second kappa shape index (κ2) is 12.5. The van der Waals surface area contributed by atoms with Gasteiger partial charge in [0.15, 0.2) is 6.29 Å². The van der Waals surface area contributed by atoms with E-state index in [4.69, 9.17) is 18.9 Å². The molecule has 8 heteroatoms. The lowest BCUT2D eigenvalue weighted by atomic mass is 9.58. The van der Waals surface area contributed by atoms with Gasteiger partial charge >= 0.3 is 11.9 Å². The lowest BCUT2D eigenvalue weighted by Gasteiger charge is -2.48. The molecule has 9 unspecified atom stereocenters. The Morgan fingerprint density at radius 3 is 2.36 bits per heavy atom. The van der Waals surface area contributed by atoms with Gasteiger partial charge in [0.25, 0.3) is 0 Å². The maximum atomic E-state index is 13.8. The topological polar surface area (TPSA) is 112 Å². The molecule has 6 bridgehead atoms. The van der Waals surface area contributed by atoms with Gasteiger partial charge in [0.2, 0.25) is 0 Å². The van der Waals surface area contributed by atoms with Crippen molar-refractivity contribution in [2.24, 2.45) is 52.3 Å². The molecule has 8 nitrogen and oxygen atoms in total. The number of carbonyl (C=O) groups is 2. The van der Waals surface area contributed by atoms with Gasteiger partial charge in [-0.3, -0.25) is 9.59 Å². The molecule has 9 atom stereocenters. The molecular formula is C37H56O8. The predicted octanol–water partition coefficient (Wildman–Crippen LogP) is 5.72. The number of ether oxygens (including phenoxy) is 4. The highest BCUT2D eigenvalue weighted by molar-refractivity contribution is 5.77. The molecule has 7 rings (SSSR count). The highest BCUT2D eigenvalue weighted by Gasteiger charge is 2.52. The van der Waals surface area contributed by atoms with E-state index in [9.17, 15) is 19.8 Å². The molecule has 0 radical (unpaired) electrons. The Morgan fingerprint density at radius 1 is 0.889 bits per heavy atom. The van der Waals surface area contributed by atoms with Gasteiger partial charge in [-0.1, -0.05) is 44.8 Å². The smallest absolute Gasteiger partial charge is 0.312 e. The van der Waals surface area contributed by atoms with Crippen LogP contribution >= 0.6 is 0 Å². The van der Waals surface area contributed by atoms with Gasteiger partial charge in [0.05, 0.1) is 41.7 Å². The summed E-state index contributed by atoms with van der Waals surface area (Å²) in [5.41, 5.74) is -1.16. The van der Waals surface area contributed by atoms with Gasteiger partial charge in [-0.2, -0.15) is 0 Å². The molecule has 7 aliphatic rings. The summed E-state index contributed by atoms with van der Waals surface area (Å²) in [7, 11) is 0. The fourth-order valence-corrected chi connectivity index (χ4v) is 11.3. The average molecular weight is 629 g/mol. The summed E-state index contributed by atoms with van der Waals surface area (Å²) in [4.78, 5) is 27.3. The minimum absolute atomic E-state index is 0.0424. The molecular weight excluding hydrogens is 572 g/mol.